The molecule has 0 fully saturated rings. The van der Waals surface area contributed by atoms with E-state index in [0.29, 0.717) is 17.5 Å². The Morgan fingerprint density at radius 3 is 2.52 bits per heavy atom. The van der Waals surface area contributed by atoms with Gasteiger partial charge in [0.1, 0.15) is 17.1 Å². The van der Waals surface area contributed by atoms with Crippen molar-refractivity contribution in [3.8, 4) is 5.75 Å². The van der Waals surface area contributed by atoms with Gasteiger partial charge < -0.3 is 20.5 Å². The van der Waals surface area contributed by atoms with E-state index in [1.165, 1.54) is 6.20 Å². The van der Waals surface area contributed by atoms with Crippen LogP contribution in [-0.2, 0) is 9.53 Å². The van der Waals surface area contributed by atoms with E-state index in [-0.39, 0.29) is 23.9 Å². The molecule has 27 heavy (non-hydrogen) atoms. The van der Waals surface area contributed by atoms with E-state index in [0.717, 1.165) is 17.5 Å². The van der Waals surface area contributed by atoms with Gasteiger partial charge in [-0.2, -0.15) is 0 Å². The monoisotopic (exact) mass is 390 g/mol. The summed E-state index contributed by atoms with van der Waals surface area (Å²) in [5.74, 6) is -0.0257. The second kappa shape index (κ2) is 9.77. The van der Waals surface area contributed by atoms with Gasteiger partial charge in [-0.15, -0.1) is 0 Å². The zero-order chi connectivity index (χ0) is 19.8. The van der Waals surface area contributed by atoms with E-state index in [4.69, 9.17) is 15.2 Å². The fourth-order valence-electron chi connectivity index (χ4n) is 2.06. The summed E-state index contributed by atoms with van der Waals surface area (Å²) in [5.41, 5.74) is 6.55. The number of rotatable bonds is 8. The second-order valence-corrected chi connectivity index (χ2v) is 6.69. The standard InChI is InChI=1S/C18H22N4O4S/c1-4-25-13-8-6-12(7-9-13)21-16(23)11(3)27-18-20-10-14(15(19)22-18)17(24)26-5-2/h6-11H,4-5H2,1-3H3,(H,21,23)(H2,19,20,22)/t11-/m1/s1. The number of benzene rings is 1. The second-order valence-electron chi connectivity index (χ2n) is 5.38. The highest BCUT2D eigenvalue weighted by Gasteiger charge is 2.19. The van der Waals surface area contributed by atoms with Gasteiger partial charge in [-0.3, -0.25) is 4.79 Å². The van der Waals surface area contributed by atoms with Crippen molar-refractivity contribution >= 4 is 35.1 Å². The minimum Gasteiger partial charge on any atom is -0.494 e. The molecule has 0 aliphatic heterocycles. The molecule has 8 nitrogen and oxygen atoms in total. The van der Waals surface area contributed by atoms with Crippen LogP contribution >= 0.6 is 11.8 Å². The lowest BCUT2D eigenvalue weighted by Crippen LogP contribution is -2.22. The first-order chi connectivity index (χ1) is 12.9. The molecule has 0 spiro atoms. The maximum atomic E-state index is 12.3. The third kappa shape index (κ3) is 5.85. The number of thioether (sulfide) groups is 1. The van der Waals surface area contributed by atoms with Gasteiger partial charge in [-0.05, 0) is 45.0 Å². The molecule has 1 amide bonds. The minimum atomic E-state index is -0.576. The molecule has 0 unspecified atom stereocenters. The molecule has 0 aliphatic rings. The summed E-state index contributed by atoms with van der Waals surface area (Å²) < 4.78 is 10.2. The van der Waals surface area contributed by atoms with Crippen LogP contribution in [0.4, 0.5) is 11.5 Å². The van der Waals surface area contributed by atoms with E-state index in [1.54, 1.807) is 38.1 Å². The van der Waals surface area contributed by atoms with Crippen LogP contribution in [0.2, 0.25) is 0 Å². The summed E-state index contributed by atoms with van der Waals surface area (Å²) in [6.07, 6.45) is 1.31. The van der Waals surface area contributed by atoms with Crippen LogP contribution in [-0.4, -0.2) is 40.3 Å². The first kappa shape index (κ1) is 20.5. The number of nitrogens with one attached hydrogen (secondary N) is 1. The molecule has 0 radical (unpaired) electrons. The highest BCUT2D eigenvalue weighted by Crippen LogP contribution is 2.23. The molecule has 1 atom stereocenters. The predicted octanol–water partition coefficient (Wildman–Crippen LogP) is 2.75. The van der Waals surface area contributed by atoms with Gasteiger partial charge in [0.2, 0.25) is 5.91 Å². The van der Waals surface area contributed by atoms with Crippen molar-refractivity contribution in [3.05, 3.63) is 36.0 Å². The van der Waals surface area contributed by atoms with Gasteiger partial charge in [0, 0.05) is 11.9 Å². The number of nitrogens with zero attached hydrogens (tertiary/aromatic N) is 2. The number of nitrogen functional groups attached to an aromatic ring is 1. The fraction of sp³-hybridized carbons (Fsp3) is 0.333. The highest BCUT2D eigenvalue weighted by atomic mass is 32.2. The van der Waals surface area contributed by atoms with E-state index < -0.39 is 11.2 Å². The number of anilines is 2. The maximum absolute atomic E-state index is 12.3. The van der Waals surface area contributed by atoms with Crippen LogP contribution in [0.3, 0.4) is 0 Å². The average molecular weight is 390 g/mol. The van der Waals surface area contributed by atoms with E-state index in [1.807, 2.05) is 6.92 Å². The van der Waals surface area contributed by atoms with Gasteiger partial charge in [0.05, 0.1) is 18.5 Å². The Bertz CT molecular complexity index is 798. The Morgan fingerprint density at radius 2 is 1.93 bits per heavy atom. The Kier molecular flexibility index (Phi) is 7.42. The number of amides is 1. The summed E-state index contributed by atoms with van der Waals surface area (Å²) in [4.78, 5) is 32.2. The molecule has 2 aromatic rings. The van der Waals surface area contributed by atoms with Crippen molar-refractivity contribution in [1.29, 1.82) is 0 Å². The molecule has 1 heterocycles. The van der Waals surface area contributed by atoms with Crippen LogP contribution in [0, 0.1) is 0 Å². The Hall–Kier alpha value is -2.81. The molecular weight excluding hydrogens is 368 g/mol. The fourth-order valence-corrected chi connectivity index (χ4v) is 2.80. The van der Waals surface area contributed by atoms with Gasteiger partial charge in [-0.1, -0.05) is 11.8 Å². The number of ether oxygens (including phenoxy) is 2. The van der Waals surface area contributed by atoms with Crippen molar-refractivity contribution < 1.29 is 19.1 Å². The zero-order valence-corrected chi connectivity index (χ0v) is 16.2. The summed E-state index contributed by atoms with van der Waals surface area (Å²) >= 11 is 1.14. The van der Waals surface area contributed by atoms with Crippen molar-refractivity contribution in [1.82, 2.24) is 9.97 Å². The molecule has 0 saturated heterocycles. The van der Waals surface area contributed by atoms with E-state index in [9.17, 15) is 9.59 Å². The zero-order valence-electron chi connectivity index (χ0n) is 15.4. The normalized spacial score (nSPS) is 11.5. The lowest BCUT2D eigenvalue weighted by atomic mass is 10.3. The molecule has 0 aliphatic carbocycles. The SMILES string of the molecule is CCOC(=O)c1cnc(S[C@H](C)C(=O)Nc2ccc(OCC)cc2)nc1N. The lowest BCUT2D eigenvalue weighted by molar-refractivity contribution is -0.115. The summed E-state index contributed by atoms with van der Waals surface area (Å²) in [6.45, 7) is 6.15. The van der Waals surface area contributed by atoms with Gasteiger partial charge >= 0.3 is 5.97 Å². The smallest absolute Gasteiger partial charge is 0.343 e. The van der Waals surface area contributed by atoms with Crippen molar-refractivity contribution in [3.63, 3.8) is 0 Å². The lowest BCUT2D eigenvalue weighted by Gasteiger charge is -2.12. The van der Waals surface area contributed by atoms with Crippen LogP contribution in [0.5, 0.6) is 5.75 Å². The van der Waals surface area contributed by atoms with Gasteiger partial charge in [0.25, 0.3) is 0 Å². The van der Waals surface area contributed by atoms with E-state index in [2.05, 4.69) is 15.3 Å². The van der Waals surface area contributed by atoms with Crippen LogP contribution in [0.15, 0.2) is 35.6 Å². The maximum Gasteiger partial charge on any atom is 0.343 e. The largest absolute Gasteiger partial charge is 0.494 e. The first-order valence-corrected chi connectivity index (χ1v) is 9.32. The molecule has 9 heteroatoms. The predicted molar refractivity (Wildman–Crippen MR) is 104 cm³/mol. The third-order valence-electron chi connectivity index (χ3n) is 3.38. The number of nitrogens with two attached hydrogens (primary N) is 1. The van der Waals surface area contributed by atoms with Gasteiger partial charge in [-0.25, -0.2) is 14.8 Å². The number of aromatic nitrogens is 2. The quantitative estimate of drug-likeness (QED) is 0.401. The number of esters is 1. The summed E-state index contributed by atoms with van der Waals surface area (Å²) in [7, 11) is 0. The minimum absolute atomic E-state index is 0.0186. The summed E-state index contributed by atoms with van der Waals surface area (Å²) in [5, 5.41) is 2.65. The Labute approximate surface area is 161 Å². The summed E-state index contributed by atoms with van der Waals surface area (Å²) in [6, 6.07) is 7.11. The Morgan fingerprint density at radius 1 is 1.22 bits per heavy atom. The molecule has 0 bridgehead atoms. The number of hydrogen-bond donors (Lipinski definition) is 2. The van der Waals surface area contributed by atoms with Crippen LogP contribution in [0.25, 0.3) is 0 Å². The molecule has 144 valence electrons. The number of hydrogen-bond acceptors (Lipinski definition) is 8. The third-order valence-corrected chi connectivity index (χ3v) is 4.35. The Balaban J connectivity index is 1.97. The van der Waals surface area contributed by atoms with Crippen LogP contribution in [0.1, 0.15) is 31.1 Å². The molecule has 0 saturated carbocycles. The van der Waals surface area contributed by atoms with Crippen molar-refractivity contribution in [2.24, 2.45) is 0 Å². The molecule has 1 aromatic heterocycles. The number of carbonyl (C=O) groups is 2. The molecule has 1 aromatic carbocycles. The van der Waals surface area contributed by atoms with E-state index >= 15 is 0 Å². The molecular formula is C18H22N4O4S. The topological polar surface area (TPSA) is 116 Å². The molecule has 2 rings (SSSR count). The van der Waals surface area contributed by atoms with Crippen molar-refractivity contribution in [2.75, 3.05) is 24.3 Å². The average Bonchev–Trinajstić information content (AvgIpc) is 2.63. The van der Waals surface area contributed by atoms with Crippen LogP contribution < -0.4 is 15.8 Å². The molecule has 3 N–H and O–H groups in total. The van der Waals surface area contributed by atoms with Crippen molar-refractivity contribution in [2.45, 2.75) is 31.2 Å². The number of carbonyl (C=O) groups excluding carboxylic acids is 2. The van der Waals surface area contributed by atoms with Gasteiger partial charge in [0.15, 0.2) is 5.16 Å². The first-order valence-electron chi connectivity index (χ1n) is 8.44. The highest BCUT2D eigenvalue weighted by molar-refractivity contribution is 8.00.